The third-order valence-electron chi connectivity index (χ3n) is 4.99. The van der Waals surface area contributed by atoms with Crippen molar-refractivity contribution >= 4 is 52.0 Å². The van der Waals surface area contributed by atoms with Gasteiger partial charge in [0, 0.05) is 23.8 Å². The minimum Gasteiger partial charge on any atom is -0.372 e. The Morgan fingerprint density at radius 3 is 1.93 bits per heavy atom. The summed E-state index contributed by atoms with van der Waals surface area (Å²) in [7, 11) is 0. The molecule has 0 aromatic heterocycles. The number of nitrogens with zero attached hydrogens (tertiary/aromatic N) is 2. The lowest BCUT2D eigenvalue weighted by Crippen LogP contribution is -2.31. The van der Waals surface area contributed by atoms with Gasteiger partial charge in [-0.1, -0.05) is 35.3 Å². The molecule has 2 heterocycles. The van der Waals surface area contributed by atoms with Gasteiger partial charge >= 0.3 is 0 Å². The van der Waals surface area contributed by atoms with Gasteiger partial charge in [-0.25, -0.2) is 4.90 Å². The molecule has 2 aliphatic rings. The van der Waals surface area contributed by atoms with Crippen molar-refractivity contribution in [3.8, 4) is 0 Å². The molecule has 0 N–H and O–H groups in total. The van der Waals surface area contributed by atoms with Gasteiger partial charge < -0.3 is 4.90 Å². The second-order valence-corrected chi connectivity index (χ2v) is 7.52. The van der Waals surface area contributed by atoms with Gasteiger partial charge in [-0.3, -0.25) is 9.59 Å². The van der Waals surface area contributed by atoms with E-state index in [0.717, 1.165) is 23.7 Å². The highest BCUT2D eigenvalue weighted by Crippen LogP contribution is 2.36. The van der Waals surface area contributed by atoms with Gasteiger partial charge in [0.1, 0.15) is 5.03 Å². The molecule has 27 heavy (non-hydrogen) atoms. The fourth-order valence-corrected chi connectivity index (χ4v) is 3.97. The monoisotopic (exact) mass is 400 g/mol. The van der Waals surface area contributed by atoms with Crippen LogP contribution in [0.2, 0.25) is 5.02 Å². The van der Waals surface area contributed by atoms with E-state index in [1.54, 1.807) is 36.4 Å². The van der Waals surface area contributed by atoms with Crippen molar-refractivity contribution in [2.75, 3.05) is 22.9 Å². The summed E-state index contributed by atoms with van der Waals surface area (Å²) in [5, 5.41) is 0.486. The molecule has 0 atom stereocenters. The smallest absolute Gasteiger partial charge is 0.277 e. The lowest BCUT2D eigenvalue weighted by atomic mass is 10.1. The first-order valence-corrected chi connectivity index (χ1v) is 9.71. The molecule has 2 aromatic rings. The zero-order valence-electron chi connectivity index (χ0n) is 14.6. The van der Waals surface area contributed by atoms with Crippen molar-refractivity contribution in [2.24, 2.45) is 0 Å². The first-order valence-electron chi connectivity index (χ1n) is 8.96. The van der Waals surface area contributed by atoms with Crippen LogP contribution in [-0.4, -0.2) is 24.9 Å². The molecule has 2 aliphatic heterocycles. The van der Waals surface area contributed by atoms with E-state index >= 15 is 0 Å². The predicted molar refractivity (Wildman–Crippen MR) is 109 cm³/mol. The molecule has 0 saturated carbocycles. The van der Waals surface area contributed by atoms with Crippen LogP contribution in [0.15, 0.2) is 53.6 Å². The molecule has 1 saturated heterocycles. The maximum atomic E-state index is 12.9. The SMILES string of the molecule is O=C1C(Cl)=C(c2ccc(Cl)cc2)C(=O)N1c1ccc(N2CCCCC2)cc1. The molecule has 6 heteroatoms. The summed E-state index contributed by atoms with van der Waals surface area (Å²) in [6.07, 6.45) is 3.65. The maximum absolute atomic E-state index is 12.9. The second-order valence-electron chi connectivity index (χ2n) is 6.71. The van der Waals surface area contributed by atoms with Crippen LogP contribution in [-0.2, 0) is 9.59 Å². The van der Waals surface area contributed by atoms with E-state index in [1.807, 2.05) is 12.1 Å². The van der Waals surface area contributed by atoms with Gasteiger partial charge in [-0.2, -0.15) is 0 Å². The number of halogens is 2. The number of hydrogen-bond donors (Lipinski definition) is 0. The van der Waals surface area contributed by atoms with E-state index in [2.05, 4.69) is 4.90 Å². The number of rotatable bonds is 3. The van der Waals surface area contributed by atoms with Crippen molar-refractivity contribution < 1.29 is 9.59 Å². The van der Waals surface area contributed by atoms with Crippen LogP contribution in [0.1, 0.15) is 24.8 Å². The van der Waals surface area contributed by atoms with Gasteiger partial charge in [-0.05, 0) is 61.2 Å². The number of amides is 2. The molecule has 138 valence electrons. The quantitative estimate of drug-likeness (QED) is 0.691. The molecular weight excluding hydrogens is 383 g/mol. The summed E-state index contributed by atoms with van der Waals surface area (Å²) in [4.78, 5) is 29.0. The molecule has 2 aromatic carbocycles. The van der Waals surface area contributed by atoms with E-state index in [9.17, 15) is 9.59 Å². The Morgan fingerprint density at radius 1 is 0.704 bits per heavy atom. The average Bonchev–Trinajstić information content (AvgIpc) is 2.92. The standard InChI is InChI=1S/C21H18Cl2N2O2/c22-15-6-4-14(5-7-15)18-19(23)21(27)25(20(18)26)17-10-8-16(9-11-17)24-12-2-1-3-13-24/h4-11H,1-3,12-13H2. The molecule has 4 rings (SSSR count). The van der Waals surface area contributed by atoms with Crippen molar-refractivity contribution in [3.05, 3.63) is 64.1 Å². The van der Waals surface area contributed by atoms with E-state index in [-0.39, 0.29) is 10.6 Å². The maximum Gasteiger partial charge on any atom is 0.277 e. The van der Waals surface area contributed by atoms with Crippen LogP contribution < -0.4 is 9.80 Å². The molecule has 2 amide bonds. The molecule has 4 nitrogen and oxygen atoms in total. The zero-order chi connectivity index (χ0) is 19.0. The van der Waals surface area contributed by atoms with Gasteiger partial charge in [0.25, 0.3) is 11.8 Å². The third-order valence-corrected chi connectivity index (χ3v) is 5.59. The minimum absolute atomic E-state index is 0.0672. The number of imide groups is 1. The summed E-state index contributed by atoms with van der Waals surface area (Å²) in [6, 6.07) is 14.2. The fraction of sp³-hybridized carbons (Fsp3) is 0.238. The Balaban J connectivity index is 1.60. The van der Waals surface area contributed by atoms with Crippen molar-refractivity contribution in [1.29, 1.82) is 0 Å². The van der Waals surface area contributed by atoms with Gasteiger partial charge in [-0.15, -0.1) is 0 Å². The Morgan fingerprint density at radius 2 is 1.30 bits per heavy atom. The summed E-state index contributed by atoms with van der Waals surface area (Å²) < 4.78 is 0. The van der Waals surface area contributed by atoms with Crippen LogP contribution in [0.3, 0.4) is 0 Å². The Bertz CT molecular complexity index is 914. The minimum atomic E-state index is -0.502. The third kappa shape index (κ3) is 3.35. The zero-order valence-corrected chi connectivity index (χ0v) is 16.1. The van der Waals surface area contributed by atoms with E-state index < -0.39 is 11.8 Å². The first-order chi connectivity index (χ1) is 13.1. The highest BCUT2D eigenvalue weighted by Gasteiger charge is 2.39. The van der Waals surface area contributed by atoms with E-state index in [4.69, 9.17) is 23.2 Å². The van der Waals surface area contributed by atoms with Gasteiger partial charge in [0.2, 0.25) is 0 Å². The van der Waals surface area contributed by atoms with Gasteiger partial charge in [0.15, 0.2) is 0 Å². The van der Waals surface area contributed by atoms with Crippen LogP contribution in [0, 0.1) is 0 Å². The molecule has 1 fully saturated rings. The number of piperidine rings is 1. The molecule has 0 aliphatic carbocycles. The Hall–Kier alpha value is -2.30. The van der Waals surface area contributed by atoms with Crippen LogP contribution in [0.25, 0.3) is 5.57 Å². The van der Waals surface area contributed by atoms with E-state index in [1.165, 1.54) is 19.3 Å². The highest BCUT2D eigenvalue weighted by molar-refractivity contribution is 6.60. The van der Waals surface area contributed by atoms with E-state index in [0.29, 0.717) is 16.3 Å². The molecular formula is C21H18Cl2N2O2. The Kier molecular flexibility index (Phi) is 4.94. The largest absolute Gasteiger partial charge is 0.372 e. The molecule has 0 unspecified atom stereocenters. The fourth-order valence-electron chi connectivity index (χ4n) is 3.57. The predicted octanol–water partition coefficient (Wildman–Crippen LogP) is 4.85. The Labute approximate surface area is 168 Å². The average molecular weight is 401 g/mol. The lowest BCUT2D eigenvalue weighted by molar-refractivity contribution is -0.119. The number of hydrogen-bond acceptors (Lipinski definition) is 3. The highest BCUT2D eigenvalue weighted by atomic mass is 35.5. The van der Waals surface area contributed by atoms with Crippen LogP contribution >= 0.6 is 23.2 Å². The topological polar surface area (TPSA) is 40.6 Å². The number of carbonyl (C=O) groups excluding carboxylic acids is 2. The number of benzene rings is 2. The first kappa shape index (κ1) is 18.1. The molecule has 0 radical (unpaired) electrons. The molecule has 0 spiro atoms. The second kappa shape index (κ2) is 7.37. The normalized spacial score (nSPS) is 17.9. The summed E-state index contributed by atoms with van der Waals surface area (Å²) >= 11 is 12.1. The number of anilines is 2. The summed E-state index contributed by atoms with van der Waals surface area (Å²) in [5.74, 6) is -0.921. The molecule has 0 bridgehead atoms. The lowest BCUT2D eigenvalue weighted by Gasteiger charge is -2.29. The van der Waals surface area contributed by atoms with Crippen molar-refractivity contribution in [3.63, 3.8) is 0 Å². The van der Waals surface area contributed by atoms with Crippen LogP contribution in [0.5, 0.6) is 0 Å². The van der Waals surface area contributed by atoms with Crippen molar-refractivity contribution in [2.45, 2.75) is 19.3 Å². The van der Waals surface area contributed by atoms with Gasteiger partial charge in [0.05, 0.1) is 11.3 Å². The number of carbonyl (C=O) groups is 2. The summed E-state index contributed by atoms with van der Waals surface area (Å²) in [5.41, 5.74) is 2.41. The summed E-state index contributed by atoms with van der Waals surface area (Å²) in [6.45, 7) is 2.07. The van der Waals surface area contributed by atoms with Crippen molar-refractivity contribution in [1.82, 2.24) is 0 Å². The van der Waals surface area contributed by atoms with Crippen LogP contribution in [0.4, 0.5) is 11.4 Å².